The van der Waals surface area contributed by atoms with E-state index >= 15 is 0 Å². The van der Waals surface area contributed by atoms with Gasteiger partial charge in [0.05, 0.1) is 24.2 Å². The van der Waals surface area contributed by atoms with E-state index in [0.29, 0.717) is 57.8 Å². The minimum atomic E-state index is -0.561. The van der Waals surface area contributed by atoms with Crippen LogP contribution in [-0.2, 0) is 33.8 Å². The number of Topliss-reactive ketones (excluding diaryl/α,β-unsaturated/α-hetero) is 1. The molecule has 0 spiro atoms. The van der Waals surface area contributed by atoms with Crippen molar-refractivity contribution in [3.63, 3.8) is 0 Å². The van der Waals surface area contributed by atoms with Crippen molar-refractivity contribution in [1.29, 1.82) is 0 Å². The number of ether oxygens (including phenoxy) is 1. The van der Waals surface area contributed by atoms with Crippen LogP contribution in [0.4, 0.5) is 0 Å². The van der Waals surface area contributed by atoms with Gasteiger partial charge in [-0.05, 0) is 96.9 Å². The van der Waals surface area contributed by atoms with Crippen LogP contribution in [0, 0.1) is 11.8 Å². The number of carbonyl (C=O) groups is 2. The van der Waals surface area contributed by atoms with Gasteiger partial charge in [0.2, 0.25) is 0 Å². The molecular weight excluding hydrogens is 640 g/mol. The fourth-order valence-electron chi connectivity index (χ4n) is 7.25. The highest BCUT2D eigenvalue weighted by atomic mass is 16.5. The van der Waals surface area contributed by atoms with Crippen molar-refractivity contribution in [1.82, 2.24) is 4.98 Å². The summed E-state index contributed by atoms with van der Waals surface area (Å²) >= 11 is 0. The summed E-state index contributed by atoms with van der Waals surface area (Å²) in [4.78, 5) is 29.7. The third-order valence-corrected chi connectivity index (χ3v) is 10.3. The van der Waals surface area contributed by atoms with Gasteiger partial charge < -0.3 is 25.8 Å². The molecule has 0 radical (unpaired) electrons. The van der Waals surface area contributed by atoms with Crippen molar-refractivity contribution in [3.8, 4) is 0 Å². The molecule has 5 rings (SSSR count). The fourth-order valence-corrected chi connectivity index (χ4v) is 7.25. The molecule has 0 saturated heterocycles. The van der Waals surface area contributed by atoms with Gasteiger partial charge >= 0.3 is 5.97 Å². The number of ketones is 1. The van der Waals surface area contributed by atoms with Gasteiger partial charge in [0.25, 0.3) is 0 Å². The molecule has 51 heavy (non-hydrogen) atoms. The second kappa shape index (κ2) is 19.4. The maximum Gasteiger partial charge on any atom is 0.306 e. The summed E-state index contributed by atoms with van der Waals surface area (Å²) in [6.07, 6.45) is 11.8. The minimum absolute atomic E-state index is 0.0461. The Bertz CT molecular complexity index is 1710. The normalized spacial score (nSPS) is 20.1. The predicted octanol–water partition coefficient (Wildman–Crippen LogP) is 6.38. The number of hydrogen-bond donors (Lipinski definition) is 4. The Hall–Kier alpha value is -4.21. The molecule has 0 aliphatic heterocycles. The average molecular weight is 693 g/mol. The van der Waals surface area contributed by atoms with Gasteiger partial charge in [-0.15, -0.1) is 0 Å². The molecule has 0 amide bonds. The average Bonchev–Trinajstić information content (AvgIpc) is 3.42. The number of aliphatic hydroxyl groups excluding tert-OH is 3. The van der Waals surface area contributed by atoms with Crippen LogP contribution >= 0.6 is 0 Å². The minimum Gasteiger partial charge on any atom is -0.461 e. The molecule has 6 atom stereocenters. The van der Waals surface area contributed by atoms with Crippen molar-refractivity contribution in [2.75, 3.05) is 6.54 Å². The molecule has 1 fully saturated rings. The topological polar surface area (TPSA) is 143 Å². The Kier molecular flexibility index (Phi) is 14.5. The van der Waals surface area contributed by atoms with E-state index < -0.39 is 24.2 Å². The van der Waals surface area contributed by atoms with Gasteiger partial charge in [-0.3, -0.25) is 14.6 Å². The molecule has 3 aromatic carbocycles. The Morgan fingerprint density at radius 1 is 0.882 bits per heavy atom. The van der Waals surface area contributed by atoms with Crippen molar-refractivity contribution in [2.45, 2.75) is 95.0 Å². The number of aryl methyl sites for hydroxylation is 1. The third-order valence-electron chi connectivity index (χ3n) is 10.3. The van der Waals surface area contributed by atoms with E-state index in [1.165, 1.54) is 5.56 Å². The molecule has 1 heterocycles. The highest BCUT2D eigenvalue weighted by Crippen LogP contribution is 2.38. The van der Waals surface area contributed by atoms with E-state index in [2.05, 4.69) is 17.1 Å². The summed E-state index contributed by atoms with van der Waals surface area (Å²) in [5, 5.41) is 33.8. The second-order valence-corrected chi connectivity index (χ2v) is 13.9. The van der Waals surface area contributed by atoms with Crippen LogP contribution < -0.4 is 5.73 Å². The largest absolute Gasteiger partial charge is 0.461 e. The van der Waals surface area contributed by atoms with Gasteiger partial charge in [0.15, 0.2) is 0 Å². The number of aliphatic hydroxyl groups is 3. The highest BCUT2D eigenvalue weighted by Gasteiger charge is 2.40. The van der Waals surface area contributed by atoms with Crippen LogP contribution in [-0.4, -0.2) is 56.9 Å². The zero-order chi connectivity index (χ0) is 36.0. The second-order valence-electron chi connectivity index (χ2n) is 13.9. The van der Waals surface area contributed by atoms with Crippen molar-refractivity contribution in [2.24, 2.45) is 17.6 Å². The lowest BCUT2D eigenvalue weighted by atomic mass is 9.85. The molecular formula is C43H52N2O6. The molecule has 1 aliphatic rings. The lowest BCUT2D eigenvalue weighted by molar-refractivity contribution is -0.145. The van der Waals surface area contributed by atoms with Gasteiger partial charge in [0.1, 0.15) is 12.4 Å². The lowest BCUT2D eigenvalue weighted by Gasteiger charge is -2.23. The molecule has 4 aromatic rings. The molecule has 1 aromatic heterocycles. The maximum absolute atomic E-state index is 13.2. The van der Waals surface area contributed by atoms with Crippen LogP contribution in [0.1, 0.15) is 79.5 Å². The number of rotatable bonds is 19. The molecule has 8 nitrogen and oxygen atoms in total. The molecule has 1 saturated carbocycles. The van der Waals surface area contributed by atoms with Crippen LogP contribution in [0.15, 0.2) is 103 Å². The predicted molar refractivity (Wildman–Crippen MR) is 200 cm³/mol. The van der Waals surface area contributed by atoms with E-state index in [1.54, 1.807) is 12.4 Å². The number of unbranched alkanes of at least 4 members (excludes halogenated alkanes) is 1. The first-order valence-corrected chi connectivity index (χ1v) is 18.3. The quantitative estimate of drug-likeness (QED) is 0.0504. The number of aromatic nitrogens is 1. The molecule has 270 valence electrons. The van der Waals surface area contributed by atoms with Crippen LogP contribution in [0.3, 0.4) is 0 Å². The number of allylic oxidation sites excluding steroid dienone is 2. The number of benzene rings is 3. The Morgan fingerprint density at radius 3 is 2.43 bits per heavy atom. The van der Waals surface area contributed by atoms with Gasteiger partial charge in [-0.2, -0.15) is 0 Å². The third kappa shape index (κ3) is 11.4. The smallest absolute Gasteiger partial charge is 0.306 e. The van der Waals surface area contributed by atoms with E-state index in [9.17, 15) is 24.9 Å². The van der Waals surface area contributed by atoms with Gasteiger partial charge in [-0.1, -0.05) is 84.9 Å². The van der Waals surface area contributed by atoms with Crippen molar-refractivity contribution >= 4 is 22.5 Å². The first kappa shape index (κ1) is 38.0. The SMILES string of the molecule is NCC(C(=O)Cc1ccc2cnccc2c1)c1ccc(COC(=O)CCC/C=C\C[C@@H]2[C@@H](CC[C@@H](O)CCc3ccccc3)[C@H](O)C[C@@H]2O)cc1. The Labute approximate surface area is 301 Å². The molecule has 1 aliphatic carbocycles. The van der Waals surface area contributed by atoms with Crippen molar-refractivity contribution < 1.29 is 29.6 Å². The summed E-state index contributed by atoms with van der Waals surface area (Å²) in [7, 11) is 0. The lowest BCUT2D eigenvalue weighted by Crippen LogP contribution is -2.23. The van der Waals surface area contributed by atoms with Crippen LogP contribution in [0.25, 0.3) is 10.8 Å². The van der Waals surface area contributed by atoms with E-state index in [4.69, 9.17) is 10.5 Å². The highest BCUT2D eigenvalue weighted by molar-refractivity contribution is 5.89. The number of hydrogen-bond acceptors (Lipinski definition) is 8. The summed E-state index contributed by atoms with van der Waals surface area (Å²) in [6, 6.07) is 25.5. The zero-order valence-corrected chi connectivity index (χ0v) is 29.4. The van der Waals surface area contributed by atoms with Crippen molar-refractivity contribution in [3.05, 3.63) is 126 Å². The Morgan fingerprint density at radius 2 is 1.65 bits per heavy atom. The summed E-state index contributed by atoms with van der Waals surface area (Å²) < 4.78 is 5.49. The number of esters is 1. The van der Waals surface area contributed by atoms with Gasteiger partial charge in [-0.25, -0.2) is 0 Å². The first-order chi connectivity index (χ1) is 24.8. The molecule has 8 heteroatoms. The summed E-state index contributed by atoms with van der Waals surface area (Å²) in [5.74, 6) is -0.724. The number of nitrogens with two attached hydrogens (primary N) is 1. The van der Waals surface area contributed by atoms with E-state index in [-0.39, 0.29) is 36.7 Å². The standard InChI is InChI=1S/C43H52N2O6/c44-27-39(40(47)25-32-14-18-35-28-45-23-22-34(35)24-32)33-16-12-31(13-17-33)29-51-43(50)11-7-2-1-6-10-37-38(42(49)26-41(37)48)21-20-36(46)19-15-30-8-4-3-5-9-30/h1,3-6,8-9,12-14,16-18,22-24,28,36-39,41-42,46,48-49H,2,7,10-11,15,19-21,25-27,29,44H2/b6-1-/t36-,37+,38+,39?,41-,42+/m0/s1. The first-order valence-electron chi connectivity index (χ1n) is 18.3. The molecule has 1 unspecified atom stereocenters. The number of fused-ring (bicyclic) bond motifs is 1. The zero-order valence-electron chi connectivity index (χ0n) is 29.4. The van der Waals surface area contributed by atoms with Gasteiger partial charge in [0, 0.05) is 37.2 Å². The number of nitrogens with zero attached hydrogens (tertiary/aromatic N) is 1. The summed E-state index contributed by atoms with van der Waals surface area (Å²) in [6.45, 7) is 0.370. The fraction of sp³-hybridized carbons (Fsp3) is 0.419. The molecule has 0 bridgehead atoms. The molecule has 5 N–H and O–H groups in total. The summed E-state index contributed by atoms with van der Waals surface area (Å²) in [5.41, 5.74) is 9.85. The van der Waals surface area contributed by atoms with E-state index in [1.807, 2.05) is 78.9 Å². The van der Waals surface area contributed by atoms with Crippen LogP contribution in [0.5, 0.6) is 0 Å². The van der Waals surface area contributed by atoms with Crippen LogP contribution in [0.2, 0.25) is 0 Å². The van der Waals surface area contributed by atoms with E-state index in [0.717, 1.165) is 33.9 Å². The number of carbonyl (C=O) groups excluding carboxylic acids is 2. The maximum atomic E-state index is 13.2. The monoisotopic (exact) mass is 692 g/mol. The Balaban J connectivity index is 0.983. The number of pyridine rings is 1.